The van der Waals surface area contributed by atoms with E-state index in [0.717, 1.165) is 37.0 Å². The number of anilines is 2. The number of aliphatic imine (C=N–C) groups is 1. The first-order chi connectivity index (χ1) is 14.9. The van der Waals surface area contributed by atoms with Gasteiger partial charge in [0.25, 0.3) is 0 Å². The maximum Gasteiger partial charge on any atom is 0.503 e. The molecular formula is C22H25F3N4O2. The summed E-state index contributed by atoms with van der Waals surface area (Å²) in [5, 5.41) is 3.44. The van der Waals surface area contributed by atoms with Gasteiger partial charge in [0.05, 0.1) is 18.2 Å². The molecule has 9 heteroatoms. The summed E-state index contributed by atoms with van der Waals surface area (Å²) >= 11 is 0. The number of nitrogens with two attached hydrogens (primary N) is 1. The van der Waals surface area contributed by atoms with Crippen LogP contribution >= 0.6 is 0 Å². The zero-order valence-electron chi connectivity index (χ0n) is 17.1. The van der Waals surface area contributed by atoms with Gasteiger partial charge in [-0.15, -0.1) is 13.2 Å². The van der Waals surface area contributed by atoms with E-state index in [1.54, 1.807) is 25.3 Å². The van der Waals surface area contributed by atoms with Crippen LogP contribution in [0.2, 0.25) is 0 Å². The lowest BCUT2D eigenvalue weighted by atomic mass is 9.94. The predicted molar refractivity (Wildman–Crippen MR) is 114 cm³/mol. The Hall–Kier alpha value is -2.78. The molecule has 3 atom stereocenters. The van der Waals surface area contributed by atoms with E-state index >= 15 is 0 Å². The molecule has 166 valence electrons. The molecular weight excluding hydrogens is 409 g/mol. The second kappa shape index (κ2) is 8.76. The molecule has 0 saturated carbocycles. The third kappa shape index (κ3) is 4.77. The lowest BCUT2D eigenvalue weighted by Gasteiger charge is -2.40. The number of hydrogen-bond acceptors (Lipinski definition) is 6. The first kappa shape index (κ1) is 21.5. The average molecular weight is 434 g/mol. The number of hydrogen-bond donors (Lipinski definition) is 2. The molecule has 0 aliphatic carbocycles. The lowest BCUT2D eigenvalue weighted by Crippen LogP contribution is -2.47. The van der Waals surface area contributed by atoms with Crippen LogP contribution in [0.4, 0.5) is 24.5 Å². The Morgan fingerprint density at radius 1 is 1.23 bits per heavy atom. The molecule has 2 aliphatic rings. The summed E-state index contributed by atoms with van der Waals surface area (Å²) in [6.45, 7) is 2.08. The Labute approximate surface area is 178 Å². The molecule has 0 bridgehead atoms. The van der Waals surface area contributed by atoms with Crippen molar-refractivity contribution in [2.45, 2.75) is 30.9 Å². The van der Waals surface area contributed by atoms with Crippen LogP contribution in [-0.2, 0) is 4.74 Å². The van der Waals surface area contributed by atoms with Crippen LogP contribution in [0.25, 0.3) is 0 Å². The van der Waals surface area contributed by atoms with Crippen LogP contribution < -0.4 is 15.8 Å². The van der Waals surface area contributed by atoms with E-state index in [9.17, 15) is 13.2 Å². The van der Waals surface area contributed by atoms with Crippen molar-refractivity contribution in [2.24, 2.45) is 4.99 Å². The van der Waals surface area contributed by atoms with Gasteiger partial charge in [0.2, 0.25) is 0 Å². The number of nitrogens with one attached hydrogen (secondary N) is 1. The third-order valence-electron chi connectivity index (χ3n) is 5.82. The van der Waals surface area contributed by atoms with Gasteiger partial charge in [-0.25, -0.2) is 0 Å². The topological polar surface area (TPSA) is 72.1 Å². The zero-order chi connectivity index (χ0) is 22.0. The summed E-state index contributed by atoms with van der Waals surface area (Å²) in [7, 11) is 1.70. The smallest absolute Gasteiger partial charge is 0.491 e. The maximum absolute atomic E-state index is 12.7. The van der Waals surface area contributed by atoms with E-state index in [-0.39, 0.29) is 29.4 Å². The van der Waals surface area contributed by atoms with Crippen molar-refractivity contribution in [3.63, 3.8) is 0 Å². The minimum Gasteiger partial charge on any atom is -0.491 e. The Kier molecular flexibility index (Phi) is 6.06. The molecule has 2 aromatic rings. The minimum absolute atomic E-state index is 0.0242. The second-order valence-electron chi connectivity index (χ2n) is 7.71. The van der Waals surface area contributed by atoms with E-state index in [0.29, 0.717) is 12.3 Å². The number of methoxy groups -OCH3 is 1. The van der Waals surface area contributed by atoms with Gasteiger partial charge in [-0.3, -0.25) is 4.90 Å². The highest BCUT2D eigenvalue weighted by Gasteiger charge is 2.38. The highest BCUT2D eigenvalue weighted by molar-refractivity contribution is 5.94. The van der Waals surface area contributed by atoms with Crippen molar-refractivity contribution < 1.29 is 22.6 Å². The van der Waals surface area contributed by atoms with Crippen LogP contribution in [0.15, 0.2) is 47.5 Å². The van der Waals surface area contributed by atoms with E-state index in [1.807, 2.05) is 24.3 Å². The number of likely N-dealkylation sites (tertiary alicyclic amines) is 1. The number of fused-ring (bicyclic) bond motifs is 1. The summed E-state index contributed by atoms with van der Waals surface area (Å²) < 4.78 is 49.6. The van der Waals surface area contributed by atoms with E-state index in [4.69, 9.17) is 15.2 Å². The maximum atomic E-state index is 12.7. The van der Waals surface area contributed by atoms with Crippen molar-refractivity contribution >= 4 is 17.6 Å². The molecule has 3 unspecified atom stereocenters. The highest BCUT2D eigenvalue weighted by Crippen LogP contribution is 2.38. The molecule has 1 saturated heterocycles. The minimum atomic E-state index is -4.67. The van der Waals surface area contributed by atoms with Gasteiger partial charge in [-0.1, -0.05) is 24.3 Å². The first-order valence-corrected chi connectivity index (χ1v) is 10.1. The fourth-order valence-electron chi connectivity index (χ4n) is 4.24. The third-order valence-corrected chi connectivity index (χ3v) is 5.82. The fourth-order valence-corrected chi connectivity index (χ4v) is 4.24. The molecule has 0 spiro atoms. The van der Waals surface area contributed by atoms with Crippen LogP contribution in [0, 0.1) is 0 Å². The molecule has 1 fully saturated rings. The largest absolute Gasteiger partial charge is 0.503 e. The SMILES string of the molecule is COC1CCN(C2COc3ccccc3C2Nc2cccc(N)c2/C=N/C(F)(F)F)C1. The molecule has 2 aromatic carbocycles. The molecule has 6 nitrogen and oxygen atoms in total. The molecule has 2 aliphatic heterocycles. The van der Waals surface area contributed by atoms with Gasteiger partial charge in [0, 0.05) is 48.9 Å². The molecule has 2 heterocycles. The lowest BCUT2D eigenvalue weighted by molar-refractivity contribution is -0.119. The van der Waals surface area contributed by atoms with Crippen molar-refractivity contribution in [2.75, 3.05) is 37.9 Å². The van der Waals surface area contributed by atoms with E-state index < -0.39 is 6.30 Å². The van der Waals surface area contributed by atoms with E-state index in [2.05, 4.69) is 15.2 Å². The Morgan fingerprint density at radius 2 is 2.03 bits per heavy atom. The van der Waals surface area contributed by atoms with Gasteiger partial charge < -0.3 is 20.5 Å². The van der Waals surface area contributed by atoms with Crippen molar-refractivity contribution in [1.82, 2.24) is 4.90 Å². The molecule has 0 aromatic heterocycles. The molecule has 0 amide bonds. The van der Waals surface area contributed by atoms with Gasteiger partial charge in [-0.2, -0.15) is 4.99 Å². The van der Waals surface area contributed by atoms with Crippen LogP contribution in [0.3, 0.4) is 0 Å². The van der Waals surface area contributed by atoms with Crippen LogP contribution in [0.1, 0.15) is 23.6 Å². The van der Waals surface area contributed by atoms with Gasteiger partial charge >= 0.3 is 6.30 Å². The number of benzene rings is 2. The Morgan fingerprint density at radius 3 is 2.77 bits per heavy atom. The molecule has 0 radical (unpaired) electrons. The number of ether oxygens (including phenoxy) is 2. The number of alkyl halides is 3. The standard InChI is InChI=1S/C22H25F3N4O2/c1-30-14-9-10-29(12-14)19-13-31-20-8-3-2-5-15(20)21(19)28-18-7-4-6-17(26)16(18)11-27-22(23,24)25/h2-8,11,14,19,21,28H,9-10,12-13,26H2,1H3/b27-11+. The van der Waals surface area contributed by atoms with E-state index in [1.165, 1.54) is 0 Å². The first-order valence-electron chi connectivity index (χ1n) is 10.1. The average Bonchev–Trinajstić information content (AvgIpc) is 3.22. The molecule has 3 N–H and O–H groups in total. The number of halogens is 3. The number of para-hydroxylation sites is 1. The number of nitrogens with zero attached hydrogens (tertiary/aromatic N) is 2. The summed E-state index contributed by atoms with van der Waals surface area (Å²) in [5.74, 6) is 0.758. The number of nitrogen functional groups attached to an aromatic ring is 1. The summed E-state index contributed by atoms with van der Waals surface area (Å²) in [4.78, 5) is 5.01. The summed E-state index contributed by atoms with van der Waals surface area (Å²) in [6.07, 6.45) is -2.82. The molecule has 31 heavy (non-hydrogen) atoms. The Bertz CT molecular complexity index is 951. The number of rotatable bonds is 5. The fraction of sp³-hybridized carbons (Fsp3) is 0.409. The zero-order valence-corrected chi connectivity index (χ0v) is 17.1. The van der Waals surface area contributed by atoms with Crippen molar-refractivity contribution in [3.8, 4) is 5.75 Å². The van der Waals surface area contributed by atoms with Gasteiger partial charge in [-0.05, 0) is 24.6 Å². The second-order valence-corrected chi connectivity index (χ2v) is 7.71. The van der Waals surface area contributed by atoms with Crippen molar-refractivity contribution in [3.05, 3.63) is 53.6 Å². The molecule has 4 rings (SSSR count). The summed E-state index contributed by atoms with van der Waals surface area (Å²) in [5.41, 5.74) is 7.85. The Balaban J connectivity index is 1.69. The predicted octanol–water partition coefficient (Wildman–Crippen LogP) is 3.84. The quantitative estimate of drug-likeness (QED) is 0.425. The van der Waals surface area contributed by atoms with Crippen molar-refractivity contribution in [1.29, 1.82) is 0 Å². The van der Waals surface area contributed by atoms with Crippen LogP contribution in [-0.4, -0.2) is 56.4 Å². The van der Waals surface area contributed by atoms with Crippen LogP contribution in [0.5, 0.6) is 5.75 Å². The van der Waals surface area contributed by atoms with Gasteiger partial charge in [0.15, 0.2) is 0 Å². The highest BCUT2D eigenvalue weighted by atomic mass is 19.4. The normalized spacial score (nSPS) is 24.2. The van der Waals surface area contributed by atoms with Gasteiger partial charge in [0.1, 0.15) is 12.4 Å². The summed E-state index contributed by atoms with van der Waals surface area (Å²) in [6, 6.07) is 12.4. The monoisotopic (exact) mass is 434 g/mol.